The molecule has 0 radical (unpaired) electrons. The zero-order chi connectivity index (χ0) is 22.5. The summed E-state index contributed by atoms with van der Waals surface area (Å²) in [6.07, 6.45) is 0. The number of hydrogen-bond acceptors (Lipinski definition) is 4. The van der Waals surface area contributed by atoms with Gasteiger partial charge in [-0.05, 0) is 36.4 Å². The van der Waals surface area contributed by atoms with Crippen LogP contribution in [0.1, 0.15) is 15.9 Å². The summed E-state index contributed by atoms with van der Waals surface area (Å²) >= 11 is 6.78. The number of aromatic nitrogens is 1. The van der Waals surface area contributed by atoms with E-state index in [4.69, 9.17) is 10.3 Å². The minimum atomic E-state index is -0.0561. The fourth-order valence-electron chi connectivity index (χ4n) is 3.18. The molecular weight excluding hydrogens is 532 g/mol. The van der Waals surface area contributed by atoms with E-state index in [9.17, 15) is 4.79 Å². The number of halogens is 2. The molecular formula is C26H18Br2N2O2. The lowest BCUT2D eigenvalue weighted by molar-refractivity contribution is 0.103. The summed E-state index contributed by atoms with van der Waals surface area (Å²) in [7, 11) is 0. The number of carbonyl (C=O) groups excluding carboxylic acids is 1. The number of ketones is 1. The molecule has 6 heteroatoms. The van der Waals surface area contributed by atoms with Gasteiger partial charge in [-0.25, -0.2) is 0 Å². The van der Waals surface area contributed by atoms with Crippen LogP contribution in [0.15, 0.2) is 111 Å². The molecule has 0 saturated heterocycles. The third-order valence-electron chi connectivity index (χ3n) is 4.77. The smallest absolute Gasteiger partial charge is 0.195 e. The molecule has 0 atom stereocenters. The first-order chi connectivity index (χ1) is 15.5. The van der Waals surface area contributed by atoms with Gasteiger partial charge in [0.2, 0.25) is 0 Å². The topological polar surface area (TPSA) is 69.1 Å². The van der Waals surface area contributed by atoms with Crippen LogP contribution in [0.4, 0.5) is 5.69 Å². The fraction of sp³-hybridized carbons (Fsp3) is 0. The summed E-state index contributed by atoms with van der Waals surface area (Å²) in [6.45, 7) is 0. The van der Waals surface area contributed by atoms with E-state index in [-0.39, 0.29) is 5.78 Å². The average molecular weight is 550 g/mol. The molecule has 2 N–H and O–H groups in total. The van der Waals surface area contributed by atoms with Crippen molar-refractivity contribution < 1.29 is 9.32 Å². The summed E-state index contributed by atoms with van der Waals surface area (Å²) < 4.78 is 7.26. The minimum Gasteiger partial charge on any atom is -0.398 e. The van der Waals surface area contributed by atoms with Gasteiger partial charge >= 0.3 is 0 Å². The number of nitrogens with two attached hydrogens (primary N) is 1. The van der Waals surface area contributed by atoms with Crippen molar-refractivity contribution in [1.29, 1.82) is 0 Å². The summed E-state index contributed by atoms with van der Waals surface area (Å²) in [5.41, 5.74) is 9.38. The van der Waals surface area contributed by atoms with Gasteiger partial charge < -0.3 is 10.3 Å². The van der Waals surface area contributed by atoms with E-state index in [0.717, 1.165) is 31.2 Å². The van der Waals surface area contributed by atoms with Crippen LogP contribution < -0.4 is 5.73 Å². The highest BCUT2D eigenvalue weighted by molar-refractivity contribution is 9.10. The Balaban J connectivity index is 0.000000153. The van der Waals surface area contributed by atoms with Crippen molar-refractivity contribution in [2.24, 2.45) is 0 Å². The monoisotopic (exact) mass is 548 g/mol. The molecule has 0 aliphatic heterocycles. The summed E-state index contributed by atoms with van der Waals surface area (Å²) in [4.78, 5) is 12.1. The fourth-order valence-corrected chi connectivity index (χ4v) is 3.90. The van der Waals surface area contributed by atoms with E-state index in [1.54, 1.807) is 24.3 Å². The molecule has 1 heterocycles. The van der Waals surface area contributed by atoms with Crippen molar-refractivity contribution in [3.63, 3.8) is 0 Å². The van der Waals surface area contributed by atoms with Crippen LogP contribution in [0.2, 0.25) is 0 Å². The standard InChI is InChI=1S/C13H8BrNO.C13H10BrNO/c14-10-6-7-12-11(8-10)13(16-15-12)9-4-2-1-3-5-9;14-10-6-7-12(15)11(8-10)13(16)9-4-2-1-3-5-9/h1-8H;1-8H,15H2. The Morgan fingerprint density at radius 2 is 1.41 bits per heavy atom. The van der Waals surface area contributed by atoms with Crippen molar-refractivity contribution in [2.75, 3.05) is 5.73 Å². The van der Waals surface area contributed by atoms with Gasteiger partial charge in [-0.1, -0.05) is 97.7 Å². The molecule has 4 nitrogen and oxygen atoms in total. The van der Waals surface area contributed by atoms with Crippen LogP contribution in [0, 0.1) is 0 Å². The second kappa shape index (κ2) is 9.94. The first kappa shape index (κ1) is 22.0. The maximum Gasteiger partial charge on any atom is 0.195 e. The lowest BCUT2D eigenvalue weighted by Crippen LogP contribution is -2.05. The number of anilines is 1. The first-order valence-electron chi connectivity index (χ1n) is 9.78. The summed E-state index contributed by atoms with van der Waals surface area (Å²) in [5, 5.41) is 5.07. The Morgan fingerprint density at radius 3 is 2.12 bits per heavy atom. The zero-order valence-electron chi connectivity index (χ0n) is 16.8. The SMILES string of the molecule is Brc1ccc2noc(-c3ccccc3)c2c1.Nc1ccc(Br)cc1C(=O)c1ccccc1. The molecule has 1 aromatic heterocycles. The molecule has 0 unspecified atom stereocenters. The van der Waals surface area contributed by atoms with Crippen molar-refractivity contribution in [2.45, 2.75) is 0 Å². The normalized spacial score (nSPS) is 10.4. The van der Waals surface area contributed by atoms with Gasteiger partial charge in [0.05, 0.1) is 5.39 Å². The van der Waals surface area contributed by atoms with Gasteiger partial charge in [-0.15, -0.1) is 0 Å². The molecule has 0 spiro atoms. The van der Waals surface area contributed by atoms with Crippen LogP contribution >= 0.6 is 31.9 Å². The summed E-state index contributed by atoms with van der Waals surface area (Å²) in [6, 6.07) is 30.3. The van der Waals surface area contributed by atoms with Crippen LogP contribution in [0.3, 0.4) is 0 Å². The number of benzene rings is 4. The number of hydrogen-bond donors (Lipinski definition) is 1. The quantitative estimate of drug-likeness (QED) is 0.186. The van der Waals surface area contributed by atoms with E-state index in [2.05, 4.69) is 37.0 Å². The number of nitrogens with zero attached hydrogens (tertiary/aromatic N) is 1. The van der Waals surface area contributed by atoms with Gasteiger partial charge in [0, 0.05) is 31.3 Å². The van der Waals surface area contributed by atoms with E-state index < -0.39 is 0 Å². The Bertz CT molecular complexity index is 1370. The van der Waals surface area contributed by atoms with E-state index in [0.29, 0.717) is 16.8 Å². The van der Waals surface area contributed by atoms with Gasteiger partial charge in [-0.2, -0.15) is 0 Å². The lowest BCUT2D eigenvalue weighted by atomic mass is 10.0. The van der Waals surface area contributed by atoms with Crippen LogP contribution in [0.25, 0.3) is 22.2 Å². The van der Waals surface area contributed by atoms with Crippen molar-refractivity contribution in [1.82, 2.24) is 5.16 Å². The van der Waals surface area contributed by atoms with Crippen molar-refractivity contribution in [3.8, 4) is 11.3 Å². The third-order valence-corrected chi connectivity index (χ3v) is 5.76. The number of nitrogen functional groups attached to an aromatic ring is 1. The lowest BCUT2D eigenvalue weighted by Gasteiger charge is -2.05. The Kier molecular flexibility index (Phi) is 6.83. The summed E-state index contributed by atoms with van der Waals surface area (Å²) in [5.74, 6) is 0.760. The van der Waals surface area contributed by atoms with E-state index in [1.807, 2.05) is 72.8 Å². The Hall–Kier alpha value is -3.22. The molecule has 0 bridgehead atoms. The molecule has 0 saturated carbocycles. The van der Waals surface area contributed by atoms with Gasteiger partial charge in [-0.3, -0.25) is 4.79 Å². The van der Waals surface area contributed by atoms with Gasteiger partial charge in [0.25, 0.3) is 0 Å². The first-order valence-corrected chi connectivity index (χ1v) is 11.4. The molecule has 0 fully saturated rings. The molecule has 5 aromatic rings. The predicted octanol–water partition coefficient (Wildman–Crippen LogP) is 7.52. The average Bonchev–Trinajstić information content (AvgIpc) is 3.25. The van der Waals surface area contributed by atoms with Crippen LogP contribution in [-0.2, 0) is 0 Å². The maximum atomic E-state index is 12.1. The number of fused-ring (bicyclic) bond motifs is 1. The second-order valence-electron chi connectivity index (χ2n) is 6.97. The maximum absolute atomic E-state index is 12.1. The Morgan fingerprint density at radius 1 is 0.781 bits per heavy atom. The largest absolute Gasteiger partial charge is 0.398 e. The van der Waals surface area contributed by atoms with E-state index >= 15 is 0 Å². The van der Waals surface area contributed by atoms with Crippen LogP contribution in [0.5, 0.6) is 0 Å². The van der Waals surface area contributed by atoms with Gasteiger partial charge in [0.15, 0.2) is 11.5 Å². The molecule has 5 rings (SSSR count). The van der Waals surface area contributed by atoms with Crippen molar-refractivity contribution in [3.05, 3.63) is 117 Å². The molecule has 32 heavy (non-hydrogen) atoms. The highest BCUT2D eigenvalue weighted by atomic mass is 79.9. The molecule has 0 aliphatic rings. The highest BCUT2D eigenvalue weighted by Crippen LogP contribution is 2.30. The number of rotatable bonds is 3. The van der Waals surface area contributed by atoms with Gasteiger partial charge in [0.1, 0.15) is 5.52 Å². The minimum absolute atomic E-state index is 0.0561. The molecule has 158 valence electrons. The molecule has 0 amide bonds. The predicted molar refractivity (Wildman–Crippen MR) is 136 cm³/mol. The zero-order valence-corrected chi connectivity index (χ0v) is 20.0. The molecule has 4 aromatic carbocycles. The van der Waals surface area contributed by atoms with E-state index in [1.165, 1.54) is 0 Å². The second-order valence-corrected chi connectivity index (χ2v) is 8.80. The third kappa shape index (κ3) is 4.98. The van der Waals surface area contributed by atoms with Crippen LogP contribution in [-0.4, -0.2) is 10.9 Å². The molecule has 0 aliphatic carbocycles. The highest BCUT2D eigenvalue weighted by Gasteiger charge is 2.12. The Labute approximate surface area is 202 Å². The van der Waals surface area contributed by atoms with Crippen molar-refractivity contribution >= 4 is 54.2 Å². The number of carbonyl (C=O) groups is 1.